The predicted octanol–water partition coefficient (Wildman–Crippen LogP) is 0.204. The van der Waals surface area contributed by atoms with Gasteiger partial charge in [0.15, 0.2) is 0 Å². The Morgan fingerprint density at radius 1 is 1.57 bits per heavy atom. The Kier molecular flexibility index (Phi) is 4.19. The Morgan fingerprint density at radius 2 is 2.29 bits per heavy atom. The molecule has 0 aromatic carbocycles. The molecule has 0 fully saturated rings. The minimum absolute atomic E-state index is 0.149. The fourth-order valence-electron chi connectivity index (χ4n) is 0.937. The molecule has 0 amide bonds. The van der Waals surface area contributed by atoms with Crippen molar-refractivity contribution in [1.82, 2.24) is 4.98 Å². The molecule has 0 bridgehead atoms. The van der Waals surface area contributed by atoms with Gasteiger partial charge in [0.25, 0.3) is 0 Å². The molecule has 0 spiro atoms. The molecular formula is C8H11BClNO3. The summed E-state index contributed by atoms with van der Waals surface area (Å²) in [6.07, 6.45) is 2.26. The monoisotopic (exact) mass is 215 g/mol. The van der Waals surface area contributed by atoms with Crippen molar-refractivity contribution in [3.8, 4) is 5.88 Å². The van der Waals surface area contributed by atoms with E-state index >= 15 is 0 Å². The SMILES string of the molecule is CCCOc1nccc(B(O)O)c1Cl. The van der Waals surface area contributed by atoms with Gasteiger partial charge in [-0.1, -0.05) is 18.5 Å². The van der Waals surface area contributed by atoms with Crippen LogP contribution in [0.1, 0.15) is 13.3 Å². The lowest BCUT2D eigenvalue weighted by Gasteiger charge is -2.08. The molecule has 0 saturated heterocycles. The molecule has 0 aliphatic rings. The van der Waals surface area contributed by atoms with Crippen molar-refractivity contribution < 1.29 is 14.8 Å². The Morgan fingerprint density at radius 3 is 2.86 bits per heavy atom. The third-order valence-electron chi connectivity index (χ3n) is 1.61. The van der Waals surface area contributed by atoms with Crippen LogP contribution in [0, 0.1) is 0 Å². The predicted molar refractivity (Wildman–Crippen MR) is 54.9 cm³/mol. The number of pyridine rings is 1. The fourth-order valence-corrected chi connectivity index (χ4v) is 1.20. The molecule has 1 rings (SSSR count). The van der Waals surface area contributed by atoms with Gasteiger partial charge in [0.2, 0.25) is 5.88 Å². The normalized spacial score (nSPS) is 10.0. The molecule has 0 atom stereocenters. The first kappa shape index (κ1) is 11.3. The highest BCUT2D eigenvalue weighted by atomic mass is 35.5. The molecule has 4 nitrogen and oxygen atoms in total. The van der Waals surface area contributed by atoms with Gasteiger partial charge in [0.05, 0.1) is 6.61 Å². The Balaban J connectivity index is 2.89. The van der Waals surface area contributed by atoms with E-state index in [9.17, 15) is 0 Å². The van der Waals surface area contributed by atoms with Crippen molar-refractivity contribution in [3.05, 3.63) is 17.3 Å². The van der Waals surface area contributed by atoms with Crippen molar-refractivity contribution in [2.24, 2.45) is 0 Å². The zero-order chi connectivity index (χ0) is 10.6. The number of hydrogen-bond donors (Lipinski definition) is 2. The summed E-state index contributed by atoms with van der Waals surface area (Å²) in [5.74, 6) is 0.235. The van der Waals surface area contributed by atoms with Crippen LogP contribution in [0.3, 0.4) is 0 Å². The van der Waals surface area contributed by atoms with Crippen LogP contribution in [0.15, 0.2) is 12.3 Å². The van der Waals surface area contributed by atoms with Crippen LogP contribution in [0.4, 0.5) is 0 Å². The van der Waals surface area contributed by atoms with Gasteiger partial charge in [-0.2, -0.15) is 0 Å². The second-order valence-electron chi connectivity index (χ2n) is 2.74. The van der Waals surface area contributed by atoms with E-state index < -0.39 is 7.12 Å². The molecule has 1 aromatic rings. The summed E-state index contributed by atoms with van der Waals surface area (Å²) >= 11 is 5.83. The van der Waals surface area contributed by atoms with Crippen molar-refractivity contribution in [2.45, 2.75) is 13.3 Å². The molecule has 0 radical (unpaired) electrons. The standard InChI is InChI=1S/C8H11BClNO3/c1-2-5-14-8-7(10)6(9(12)13)3-4-11-8/h3-4,12-13H,2,5H2,1H3. The van der Waals surface area contributed by atoms with Crippen molar-refractivity contribution in [2.75, 3.05) is 6.61 Å². The van der Waals surface area contributed by atoms with E-state index in [-0.39, 0.29) is 16.4 Å². The van der Waals surface area contributed by atoms with Crippen molar-refractivity contribution in [3.63, 3.8) is 0 Å². The maximum Gasteiger partial charge on any atom is 0.490 e. The summed E-state index contributed by atoms with van der Waals surface area (Å²) in [7, 11) is -1.60. The van der Waals surface area contributed by atoms with Crippen molar-refractivity contribution in [1.29, 1.82) is 0 Å². The molecule has 1 heterocycles. The summed E-state index contributed by atoms with van der Waals surface area (Å²) in [4.78, 5) is 3.88. The minimum Gasteiger partial charge on any atom is -0.477 e. The van der Waals surface area contributed by atoms with Crippen LogP contribution in [-0.2, 0) is 0 Å². The molecule has 0 saturated carbocycles. The number of halogens is 1. The Hall–Kier alpha value is -0.775. The number of aromatic nitrogens is 1. The number of rotatable bonds is 4. The van der Waals surface area contributed by atoms with E-state index in [1.165, 1.54) is 12.3 Å². The second kappa shape index (κ2) is 5.19. The van der Waals surface area contributed by atoms with Crippen LogP contribution >= 0.6 is 11.6 Å². The van der Waals surface area contributed by atoms with Gasteiger partial charge in [0.1, 0.15) is 5.02 Å². The van der Waals surface area contributed by atoms with Crippen LogP contribution in [0.5, 0.6) is 5.88 Å². The first-order valence-electron chi connectivity index (χ1n) is 4.30. The van der Waals surface area contributed by atoms with Gasteiger partial charge in [0, 0.05) is 11.7 Å². The van der Waals surface area contributed by atoms with E-state index in [4.69, 9.17) is 26.4 Å². The summed E-state index contributed by atoms with van der Waals surface area (Å²) in [5, 5.41) is 18.0. The van der Waals surface area contributed by atoms with E-state index in [1.54, 1.807) is 0 Å². The fraction of sp³-hybridized carbons (Fsp3) is 0.375. The van der Waals surface area contributed by atoms with E-state index in [0.717, 1.165) is 6.42 Å². The summed E-state index contributed by atoms with van der Waals surface area (Å²) in [5.41, 5.74) is 0.202. The number of nitrogens with zero attached hydrogens (tertiary/aromatic N) is 1. The molecule has 0 aliphatic carbocycles. The third kappa shape index (κ3) is 2.61. The first-order valence-corrected chi connectivity index (χ1v) is 4.68. The zero-order valence-corrected chi connectivity index (χ0v) is 8.53. The van der Waals surface area contributed by atoms with Gasteiger partial charge in [-0.25, -0.2) is 4.98 Å². The highest BCUT2D eigenvalue weighted by Gasteiger charge is 2.18. The van der Waals surface area contributed by atoms with E-state index in [2.05, 4.69) is 4.98 Å². The first-order chi connectivity index (χ1) is 6.66. The number of ether oxygens (including phenoxy) is 1. The molecule has 2 N–H and O–H groups in total. The Bertz CT molecular complexity index is 309. The Labute approximate surface area is 87.6 Å². The van der Waals surface area contributed by atoms with Gasteiger partial charge in [-0.05, 0) is 12.5 Å². The van der Waals surface area contributed by atoms with Crippen LogP contribution in [0.2, 0.25) is 5.02 Å². The molecular weight excluding hydrogens is 204 g/mol. The van der Waals surface area contributed by atoms with Gasteiger partial charge in [-0.3, -0.25) is 0 Å². The highest BCUT2D eigenvalue weighted by molar-refractivity contribution is 6.63. The minimum atomic E-state index is -1.60. The van der Waals surface area contributed by atoms with Crippen LogP contribution < -0.4 is 10.2 Å². The molecule has 14 heavy (non-hydrogen) atoms. The van der Waals surface area contributed by atoms with Gasteiger partial charge >= 0.3 is 7.12 Å². The highest BCUT2D eigenvalue weighted by Crippen LogP contribution is 2.18. The second-order valence-corrected chi connectivity index (χ2v) is 3.12. The lowest BCUT2D eigenvalue weighted by atomic mass is 9.81. The smallest absolute Gasteiger partial charge is 0.477 e. The molecule has 1 aromatic heterocycles. The lowest BCUT2D eigenvalue weighted by Crippen LogP contribution is -2.31. The lowest BCUT2D eigenvalue weighted by molar-refractivity contribution is 0.305. The maximum absolute atomic E-state index is 8.94. The number of hydrogen-bond acceptors (Lipinski definition) is 4. The summed E-state index contributed by atoms with van der Waals surface area (Å²) < 4.78 is 5.21. The zero-order valence-electron chi connectivity index (χ0n) is 7.77. The topological polar surface area (TPSA) is 62.6 Å². The third-order valence-corrected chi connectivity index (χ3v) is 1.99. The average molecular weight is 215 g/mol. The van der Waals surface area contributed by atoms with Crippen LogP contribution in [0.25, 0.3) is 0 Å². The molecule has 0 unspecified atom stereocenters. The molecule has 6 heteroatoms. The largest absolute Gasteiger partial charge is 0.490 e. The quantitative estimate of drug-likeness (QED) is 0.705. The molecule has 0 aliphatic heterocycles. The van der Waals surface area contributed by atoms with Gasteiger partial charge in [-0.15, -0.1) is 0 Å². The average Bonchev–Trinajstić information content (AvgIpc) is 2.16. The van der Waals surface area contributed by atoms with Crippen molar-refractivity contribution >= 4 is 24.2 Å². The van der Waals surface area contributed by atoms with Crippen LogP contribution in [-0.4, -0.2) is 28.8 Å². The summed E-state index contributed by atoms with van der Waals surface area (Å²) in [6, 6.07) is 1.44. The van der Waals surface area contributed by atoms with E-state index in [1.807, 2.05) is 6.92 Å². The van der Waals surface area contributed by atoms with Gasteiger partial charge < -0.3 is 14.8 Å². The molecule has 76 valence electrons. The van der Waals surface area contributed by atoms with E-state index in [0.29, 0.717) is 6.61 Å². The summed E-state index contributed by atoms with van der Waals surface area (Å²) in [6.45, 7) is 2.45. The maximum atomic E-state index is 8.94.